The molecule has 3 aliphatic rings. The van der Waals surface area contributed by atoms with E-state index in [4.69, 9.17) is 0 Å². The summed E-state index contributed by atoms with van der Waals surface area (Å²) < 4.78 is 0. The Balaban J connectivity index is 1.37. The maximum absolute atomic E-state index is 13.5. The molecular formula is C23H30N6O. The topological polar surface area (TPSA) is 74.2 Å². The Hall–Kier alpha value is -2.54. The second-order valence-corrected chi connectivity index (χ2v) is 9.10. The summed E-state index contributed by atoms with van der Waals surface area (Å²) in [6.45, 7) is 5.09. The molecule has 1 N–H and O–H groups in total. The maximum atomic E-state index is 13.5. The molecule has 1 amide bonds. The lowest BCUT2D eigenvalue weighted by Gasteiger charge is -2.32. The number of anilines is 1. The van der Waals surface area contributed by atoms with Gasteiger partial charge in [-0.15, -0.1) is 0 Å². The minimum absolute atomic E-state index is 0.234. The first kappa shape index (κ1) is 19.4. The second-order valence-electron chi connectivity index (χ2n) is 9.10. The fraction of sp³-hybridized carbons (Fsp3) is 0.565. The van der Waals surface area contributed by atoms with Crippen LogP contribution in [0.5, 0.6) is 0 Å². The van der Waals surface area contributed by atoms with Crippen LogP contribution in [0.4, 0.5) is 5.95 Å². The number of likely N-dealkylation sites (tertiary alicyclic amines) is 1. The van der Waals surface area contributed by atoms with Gasteiger partial charge >= 0.3 is 0 Å². The summed E-state index contributed by atoms with van der Waals surface area (Å²) in [6, 6.07) is 7.92. The van der Waals surface area contributed by atoms with Crippen molar-refractivity contribution in [3.8, 4) is 0 Å². The average molecular weight is 407 g/mol. The van der Waals surface area contributed by atoms with Gasteiger partial charge in [-0.3, -0.25) is 14.7 Å². The first-order valence-corrected chi connectivity index (χ1v) is 11.2. The summed E-state index contributed by atoms with van der Waals surface area (Å²) in [5.41, 5.74) is 0.719. The molecule has 2 aromatic heterocycles. The smallest absolute Gasteiger partial charge is 0.228 e. The molecule has 3 fully saturated rings. The third kappa shape index (κ3) is 4.03. The summed E-state index contributed by atoms with van der Waals surface area (Å²) in [5, 5.41) is 3.30. The normalized spacial score (nSPS) is 26.8. The van der Waals surface area contributed by atoms with Gasteiger partial charge < -0.3 is 10.2 Å². The minimum Gasteiger partial charge on any atom is -0.355 e. The number of nitrogens with one attached hydrogen (secondary N) is 1. The van der Waals surface area contributed by atoms with E-state index in [2.05, 4.69) is 36.1 Å². The van der Waals surface area contributed by atoms with E-state index in [1.54, 1.807) is 12.4 Å². The van der Waals surface area contributed by atoms with Crippen molar-refractivity contribution < 1.29 is 4.79 Å². The van der Waals surface area contributed by atoms with Crippen molar-refractivity contribution >= 4 is 11.9 Å². The standard InChI is InChI=1S/C23H30N6O/c30-21(27-13-18-6-7-18)23-8-3-12-28(16-20-5-1-2-9-24-20)14-19(23)15-29(17-23)22-25-10-4-11-26-22/h1-2,4-5,9-11,18-19H,3,6-8,12-17H2,(H,27,30)/t19-,23+/m0/s1. The molecule has 2 saturated heterocycles. The highest BCUT2D eigenvalue weighted by atomic mass is 16.2. The van der Waals surface area contributed by atoms with Crippen LogP contribution in [-0.2, 0) is 11.3 Å². The molecule has 2 aliphatic heterocycles. The van der Waals surface area contributed by atoms with Crippen molar-refractivity contribution in [3.05, 3.63) is 48.5 Å². The Morgan fingerprint density at radius 1 is 1.10 bits per heavy atom. The first-order chi connectivity index (χ1) is 14.7. The van der Waals surface area contributed by atoms with Gasteiger partial charge in [-0.1, -0.05) is 6.07 Å². The highest BCUT2D eigenvalue weighted by molar-refractivity contribution is 5.84. The molecular weight excluding hydrogens is 376 g/mol. The summed E-state index contributed by atoms with van der Waals surface area (Å²) >= 11 is 0. The van der Waals surface area contributed by atoms with Gasteiger partial charge in [0.15, 0.2) is 0 Å². The SMILES string of the molecule is O=C(NCC1CC1)[C@@]12CCCN(Cc3ccccn3)C[C@H]1CN(c1ncccn1)C2. The highest BCUT2D eigenvalue weighted by Crippen LogP contribution is 2.44. The van der Waals surface area contributed by atoms with E-state index in [0.717, 1.165) is 57.2 Å². The fourth-order valence-corrected chi connectivity index (χ4v) is 5.09. The van der Waals surface area contributed by atoms with Crippen LogP contribution in [0, 0.1) is 17.3 Å². The molecule has 5 rings (SSSR count). The Labute approximate surface area is 177 Å². The highest BCUT2D eigenvalue weighted by Gasteiger charge is 2.53. The molecule has 0 unspecified atom stereocenters. The minimum atomic E-state index is -0.368. The van der Waals surface area contributed by atoms with Crippen LogP contribution in [-0.4, -0.2) is 58.5 Å². The summed E-state index contributed by atoms with van der Waals surface area (Å²) in [6.07, 6.45) is 9.84. The molecule has 158 valence electrons. The number of pyridine rings is 1. The van der Waals surface area contributed by atoms with Gasteiger partial charge in [-0.05, 0) is 56.3 Å². The van der Waals surface area contributed by atoms with Gasteiger partial charge in [0.25, 0.3) is 0 Å². The van der Waals surface area contributed by atoms with Gasteiger partial charge in [-0.25, -0.2) is 9.97 Å². The number of carbonyl (C=O) groups is 1. The van der Waals surface area contributed by atoms with Gasteiger partial charge in [0.1, 0.15) is 0 Å². The lowest BCUT2D eigenvalue weighted by atomic mass is 9.74. The van der Waals surface area contributed by atoms with Crippen molar-refractivity contribution in [1.29, 1.82) is 0 Å². The zero-order valence-electron chi connectivity index (χ0n) is 17.4. The number of rotatable bonds is 6. The van der Waals surface area contributed by atoms with E-state index in [0.29, 0.717) is 12.5 Å². The van der Waals surface area contributed by atoms with Crippen molar-refractivity contribution in [3.63, 3.8) is 0 Å². The molecule has 7 heteroatoms. The molecule has 0 spiro atoms. The largest absolute Gasteiger partial charge is 0.355 e. The van der Waals surface area contributed by atoms with Crippen LogP contribution in [0.25, 0.3) is 0 Å². The number of amides is 1. The molecule has 7 nitrogen and oxygen atoms in total. The van der Waals surface area contributed by atoms with Gasteiger partial charge in [-0.2, -0.15) is 0 Å². The lowest BCUT2D eigenvalue weighted by Crippen LogP contribution is -2.48. The average Bonchev–Trinajstić information content (AvgIpc) is 3.57. The summed E-state index contributed by atoms with van der Waals surface area (Å²) in [5.74, 6) is 1.91. The molecule has 1 saturated carbocycles. The lowest BCUT2D eigenvalue weighted by molar-refractivity contribution is -0.132. The molecule has 2 atom stereocenters. The van der Waals surface area contributed by atoms with Gasteiger partial charge in [0.05, 0.1) is 11.1 Å². The number of aromatic nitrogens is 3. The molecule has 0 aromatic carbocycles. The Bertz CT molecular complexity index is 859. The Morgan fingerprint density at radius 3 is 2.70 bits per heavy atom. The molecule has 30 heavy (non-hydrogen) atoms. The number of hydrogen-bond donors (Lipinski definition) is 1. The summed E-state index contributed by atoms with van der Waals surface area (Å²) in [7, 11) is 0. The number of hydrogen-bond acceptors (Lipinski definition) is 6. The fourth-order valence-electron chi connectivity index (χ4n) is 5.09. The first-order valence-electron chi connectivity index (χ1n) is 11.2. The van der Waals surface area contributed by atoms with Gasteiger partial charge in [0.2, 0.25) is 11.9 Å². The zero-order chi connectivity index (χ0) is 20.4. The number of nitrogens with zero attached hydrogens (tertiary/aromatic N) is 5. The summed E-state index contributed by atoms with van der Waals surface area (Å²) in [4.78, 5) is 31.6. The van der Waals surface area contributed by atoms with E-state index in [9.17, 15) is 4.79 Å². The third-order valence-corrected chi connectivity index (χ3v) is 6.92. The van der Waals surface area contributed by atoms with Crippen LogP contribution in [0.1, 0.15) is 31.4 Å². The molecule has 4 heterocycles. The predicted octanol–water partition coefficient (Wildman–Crippen LogP) is 2.12. The van der Waals surface area contributed by atoms with E-state index < -0.39 is 0 Å². The van der Waals surface area contributed by atoms with E-state index >= 15 is 0 Å². The number of carbonyl (C=O) groups excluding carboxylic acids is 1. The van der Waals surface area contributed by atoms with Crippen molar-refractivity contribution in [2.24, 2.45) is 17.3 Å². The van der Waals surface area contributed by atoms with Crippen LogP contribution in [0.3, 0.4) is 0 Å². The predicted molar refractivity (Wildman–Crippen MR) is 115 cm³/mol. The second kappa shape index (κ2) is 8.30. The Kier molecular flexibility index (Phi) is 5.37. The van der Waals surface area contributed by atoms with E-state index in [-0.39, 0.29) is 17.2 Å². The van der Waals surface area contributed by atoms with Crippen LogP contribution in [0.2, 0.25) is 0 Å². The molecule has 1 aliphatic carbocycles. The monoisotopic (exact) mass is 406 g/mol. The van der Waals surface area contributed by atoms with Crippen molar-refractivity contribution in [2.75, 3.05) is 37.6 Å². The van der Waals surface area contributed by atoms with Gasteiger partial charge in [0, 0.05) is 57.2 Å². The molecule has 0 radical (unpaired) electrons. The van der Waals surface area contributed by atoms with Crippen LogP contribution < -0.4 is 10.2 Å². The van der Waals surface area contributed by atoms with Crippen molar-refractivity contribution in [1.82, 2.24) is 25.2 Å². The molecule has 0 bridgehead atoms. The van der Waals surface area contributed by atoms with Crippen LogP contribution >= 0.6 is 0 Å². The maximum Gasteiger partial charge on any atom is 0.228 e. The quantitative estimate of drug-likeness (QED) is 0.792. The Morgan fingerprint density at radius 2 is 1.93 bits per heavy atom. The molecule has 2 aromatic rings. The van der Waals surface area contributed by atoms with E-state index in [1.165, 1.54) is 12.8 Å². The van der Waals surface area contributed by atoms with Crippen LogP contribution in [0.15, 0.2) is 42.9 Å². The third-order valence-electron chi connectivity index (χ3n) is 6.92. The van der Waals surface area contributed by atoms with E-state index in [1.807, 2.05) is 24.4 Å². The zero-order valence-corrected chi connectivity index (χ0v) is 17.4. The van der Waals surface area contributed by atoms with Crippen molar-refractivity contribution in [2.45, 2.75) is 32.2 Å². The number of fused-ring (bicyclic) bond motifs is 1.